The summed E-state index contributed by atoms with van der Waals surface area (Å²) in [6.07, 6.45) is 11.3. The number of hydrogen-bond acceptors (Lipinski definition) is 1. The van der Waals surface area contributed by atoms with Gasteiger partial charge in [-0.15, -0.1) is 0 Å². The Morgan fingerprint density at radius 3 is 1.47 bits per heavy atom. The Hall–Kier alpha value is -2.35. The summed E-state index contributed by atoms with van der Waals surface area (Å²) in [6.45, 7) is 8.66. The topological polar surface area (TPSA) is 17.1 Å². The smallest absolute Gasteiger partial charge is 0.133 e. The van der Waals surface area contributed by atoms with Gasteiger partial charge in [-0.1, -0.05) is 81.9 Å². The molecule has 176 valence electrons. The fourth-order valence-corrected chi connectivity index (χ4v) is 5.45. The van der Waals surface area contributed by atoms with Crippen molar-refractivity contribution < 1.29 is 4.79 Å². The van der Waals surface area contributed by atoms with Crippen molar-refractivity contribution in [2.45, 2.75) is 65.2 Å². The third kappa shape index (κ3) is 5.32. The number of rotatable bonds is 8. The average Bonchev–Trinajstić information content (AvgIpc) is 3.32. The number of halogens is 2. The summed E-state index contributed by atoms with van der Waals surface area (Å²) in [5, 5.41) is 1.44. The molecule has 2 unspecified atom stereocenters. The maximum Gasteiger partial charge on any atom is 0.133 e. The van der Waals surface area contributed by atoms with E-state index in [1.54, 1.807) is 0 Å². The van der Waals surface area contributed by atoms with Crippen LogP contribution in [-0.2, 0) is 17.6 Å². The Bertz CT molecular complexity index is 1150. The molecule has 0 radical (unpaired) electrons. The highest BCUT2D eigenvalue weighted by Gasteiger charge is 2.22. The number of benzene rings is 2. The molecular weight excluding hydrogens is 459 g/mol. The number of Topliss-reactive ketones (excluding diaryl/α,β-unsaturated/α-hetero) is 1. The van der Waals surface area contributed by atoms with Crippen LogP contribution in [-0.4, -0.2) is 5.78 Å². The highest BCUT2D eigenvalue weighted by molar-refractivity contribution is 6.31. The zero-order chi connectivity index (χ0) is 24.4. The number of aryl methyl sites for hydroxylation is 2. The van der Waals surface area contributed by atoms with Gasteiger partial charge in [-0.05, 0) is 87.1 Å². The van der Waals surface area contributed by atoms with Crippen LogP contribution in [0.25, 0.3) is 0 Å². The van der Waals surface area contributed by atoms with Crippen molar-refractivity contribution in [2.24, 2.45) is 0 Å². The Labute approximate surface area is 213 Å². The van der Waals surface area contributed by atoms with Crippen LogP contribution in [0, 0.1) is 0 Å². The largest absolute Gasteiger partial charge is 0.300 e. The van der Waals surface area contributed by atoms with Gasteiger partial charge in [0.2, 0.25) is 0 Å². The molecule has 2 aliphatic rings. The molecule has 2 aromatic rings. The van der Waals surface area contributed by atoms with Gasteiger partial charge in [-0.25, -0.2) is 0 Å². The lowest BCUT2D eigenvalue weighted by Gasteiger charge is -2.18. The first-order chi connectivity index (χ1) is 16.2. The standard InChI is InChI=1S/C31H32Cl2O/c1-19-5-13-28(21(19)3)30-15-9-25(32)17-23(30)7-11-27(34)12-8-24-18-26(33)10-16-31(24)29-14-6-20(2)22(29)4/h5-6,9-10,13-18,28-29H,7-8,11-12H2,1-4H3. The molecule has 0 fully saturated rings. The van der Waals surface area contributed by atoms with Gasteiger partial charge < -0.3 is 0 Å². The molecule has 2 aromatic carbocycles. The Balaban J connectivity index is 1.44. The summed E-state index contributed by atoms with van der Waals surface area (Å²) >= 11 is 12.6. The predicted molar refractivity (Wildman–Crippen MR) is 145 cm³/mol. The third-order valence-corrected chi connectivity index (χ3v) is 7.95. The summed E-state index contributed by atoms with van der Waals surface area (Å²) in [6, 6.07) is 12.2. The predicted octanol–water partition coefficient (Wildman–Crippen LogP) is 9.11. The van der Waals surface area contributed by atoms with Gasteiger partial charge in [0.25, 0.3) is 0 Å². The number of carbonyl (C=O) groups is 1. The lowest BCUT2D eigenvalue weighted by molar-refractivity contribution is -0.119. The first-order valence-corrected chi connectivity index (χ1v) is 12.8. The molecule has 2 atom stereocenters. The minimum Gasteiger partial charge on any atom is -0.300 e. The van der Waals surface area contributed by atoms with E-state index in [0.717, 1.165) is 10.0 Å². The van der Waals surface area contributed by atoms with Crippen LogP contribution in [0.4, 0.5) is 0 Å². The number of allylic oxidation sites excluding steroid dienone is 8. The van der Waals surface area contributed by atoms with Crippen molar-refractivity contribution in [2.75, 3.05) is 0 Å². The lowest BCUT2D eigenvalue weighted by atomic mass is 9.87. The second kappa shape index (κ2) is 10.5. The first-order valence-electron chi connectivity index (χ1n) is 12.0. The molecule has 2 aliphatic carbocycles. The summed E-state index contributed by atoms with van der Waals surface area (Å²) in [5.41, 5.74) is 10.2. The molecule has 0 saturated carbocycles. The second-order valence-electron chi connectivity index (χ2n) is 9.63. The van der Waals surface area contributed by atoms with Crippen LogP contribution in [0.15, 0.2) is 83.0 Å². The van der Waals surface area contributed by atoms with Crippen molar-refractivity contribution in [1.29, 1.82) is 0 Å². The molecule has 0 saturated heterocycles. The minimum absolute atomic E-state index is 0.271. The maximum atomic E-state index is 12.9. The minimum atomic E-state index is 0.271. The zero-order valence-electron chi connectivity index (χ0n) is 20.4. The summed E-state index contributed by atoms with van der Waals surface area (Å²) in [5.74, 6) is 0.818. The highest BCUT2D eigenvalue weighted by Crippen LogP contribution is 2.38. The van der Waals surface area contributed by atoms with E-state index in [2.05, 4.69) is 64.1 Å². The molecule has 1 nitrogen and oxygen atoms in total. The zero-order valence-corrected chi connectivity index (χ0v) is 21.9. The third-order valence-electron chi connectivity index (χ3n) is 7.48. The molecule has 0 spiro atoms. The highest BCUT2D eigenvalue weighted by atomic mass is 35.5. The van der Waals surface area contributed by atoms with Crippen LogP contribution in [0.1, 0.15) is 74.6 Å². The molecule has 0 amide bonds. The monoisotopic (exact) mass is 490 g/mol. The van der Waals surface area contributed by atoms with Crippen molar-refractivity contribution in [1.82, 2.24) is 0 Å². The van der Waals surface area contributed by atoms with Crippen molar-refractivity contribution in [3.8, 4) is 0 Å². The fourth-order valence-electron chi connectivity index (χ4n) is 5.06. The van der Waals surface area contributed by atoms with Gasteiger partial charge in [0.1, 0.15) is 5.78 Å². The summed E-state index contributed by atoms with van der Waals surface area (Å²) in [7, 11) is 0. The van der Waals surface area contributed by atoms with Gasteiger partial charge >= 0.3 is 0 Å². The Morgan fingerprint density at radius 2 is 1.12 bits per heavy atom. The molecule has 3 heteroatoms. The number of hydrogen-bond donors (Lipinski definition) is 0. The van der Waals surface area contributed by atoms with Crippen molar-refractivity contribution in [3.05, 3.63) is 115 Å². The first kappa shape index (κ1) is 24.8. The normalized spacial score (nSPS) is 19.6. The second-order valence-corrected chi connectivity index (χ2v) is 10.5. The van der Waals surface area contributed by atoms with Gasteiger partial charge in [0, 0.05) is 34.7 Å². The van der Waals surface area contributed by atoms with Crippen LogP contribution in [0.2, 0.25) is 10.0 Å². The van der Waals surface area contributed by atoms with E-state index in [-0.39, 0.29) is 17.6 Å². The fraction of sp³-hybridized carbons (Fsp3) is 0.323. The van der Waals surface area contributed by atoms with Crippen LogP contribution < -0.4 is 0 Å². The molecule has 0 N–H and O–H groups in total. The molecule has 4 rings (SSSR count). The van der Waals surface area contributed by atoms with Gasteiger partial charge in [0.05, 0.1) is 0 Å². The maximum absolute atomic E-state index is 12.9. The molecule has 0 aromatic heterocycles. The number of ketones is 1. The Morgan fingerprint density at radius 1 is 0.706 bits per heavy atom. The van der Waals surface area contributed by atoms with E-state index in [4.69, 9.17) is 23.2 Å². The van der Waals surface area contributed by atoms with Crippen LogP contribution >= 0.6 is 23.2 Å². The van der Waals surface area contributed by atoms with E-state index in [1.165, 1.54) is 44.5 Å². The van der Waals surface area contributed by atoms with Gasteiger partial charge in [0.15, 0.2) is 0 Å². The van der Waals surface area contributed by atoms with E-state index in [0.29, 0.717) is 25.7 Å². The quantitative estimate of drug-likeness (QED) is 0.360. The average molecular weight is 492 g/mol. The number of carbonyl (C=O) groups excluding carboxylic acids is 1. The molecule has 34 heavy (non-hydrogen) atoms. The van der Waals surface area contributed by atoms with Crippen LogP contribution in [0.5, 0.6) is 0 Å². The van der Waals surface area contributed by atoms with E-state index >= 15 is 0 Å². The lowest BCUT2D eigenvalue weighted by Crippen LogP contribution is -2.07. The van der Waals surface area contributed by atoms with E-state index < -0.39 is 0 Å². The van der Waals surface area contributed by atoms with Gasteiger partial charge in [-0.2, -0.15) is 0 Å². The SMILES string of the molecule is CC1=C(C)C(c2ccc(Cl)cc2CCC(=O)CCc2cc(Cl)ccc2C2C=CC(C)=C2C)C=C1. The van der Waals surface area contributed by atoms with Crippen molar-refractivity contribution in [3.63, 3.8) is 0 Å². The van der Waals surface area contributed by atoms with E-state index in [9.17, 15) is 4.79 Å². The molecule has 0 bridgehead atoms. The molecule has 0 heterocycles. The van der Waals surface area contributed by atoms with E-state index in [1.807, 2.05) is 24.3 Å². The molecule has 0 aliphatic heterocycles. The van der Waals surface area contributed by atoms with Crippen molar-refractivity contribution >= 4 is 29.0 Å². The van der Waals surface area contributed by atoms with Gasteiger partial charge in [-0.3, -0.25) is 4.79 Å². The summed E-state index contributed by atoms with van der Waals surface area (Å²) in [4.78, 5) is 12.9. The molecular formula is C31H32Cl2O. The Kier molecular flexibility index (Phi) is 7.65. The van der Waals surface area contributed by atoms with Crippen LogP contribution in [0.3, 0.4) is 0 Å². The summed E-state index contributed by atoms with van der Waals surface area (Å²) < 4.78 is 0.